The summed E-state index contributed by atoms with van der Waals surface area (Å²) in [5.74, 6) is -0.402. The van der Waals surface area contributed by atoms with Crippen molar-refractivity contribution in [3.05, 3.63) is 64.8 Å². The van der Waals surface area contributed by atoms with Crippen LogP contribution in [0.25, 0.3) is 6.08 Å². The van der Waals surface area contributed by atoms with E-state index in [4.69, 9.17) is 0 Å². The van der Waals surface area contributed by atoms with Crippen LogP contribution < -0.4 is 9.80 Å². The van der Waals surface area contributed by atoms with E-state index in [9.17, 15) is 9.18 Å². The molecule has 0 radical (unpaired) electrons. The van der Waals surface area contributed by atoms with Crippen molar-refractivity contribution in [2.45, 2.75) is 0 Å². The largest absolute Gasteiger partial charge is 0.378 e. The van der Waals surface area contributed by atoms with E-state index in [1.54, 1.807) is 12.1 Å². The number of aliphatic imine (C=N–C) groups is 1. The van der Waals surface area contributed by atoms with E-state index in [0.29, 0.717) is 4.91 Å². The monoisotopic (exact) mass is 410 g/mol. The maximum absolute atomic E-state index is 13.1. The minimum Gasteiger partial charge on any atom is -0.378 e. The molecule has 4 rings (SSSR count). The van der Waals surface area contributed by atoms with Crippen LogP contribution in [0, 0.1) is 5.82 Å². The van der Waals surface area contributed by atoms with Crippen LogP contribution in [0.3, 0.4) is 0 Å². The molecular formula is C22H23FN4OS. The smallest absolute Gasteiger partial charge is 0.286 e. The highest BCUT2D eigenvalue weighted by Crippen LogP contribution is 2.31. The fraction of sp³-hybridized carbons (Fsp3) is 0.273. The van der Waals surface area contributed by atoms with Crippen molar-refractivity contribution in [1.29, 1.82) is 0 Å². The molecule has 2 aromatic rings. The quantitative estimate of drug-likeness (QED) is 0.722. The molecule has 2 aromatic carbocycles. The van der Waals surface area contributed by atoms with Crippen molar-refractivity contribution >= 4 is 40.3 Å². The van der Waals surface area contributed by atoms with E-state index >= 15 is 0 Å². The summed E-state index contributed by atoms with van der Waals surface area (Å²) in [6, 6.07) is 14.7. The second kappa shape index (κ2) is 8.29. The van der Waals surface area contributed by atoms with E-state index in [1.165, 1.54) is 23.9 Å². The first kappa shape index (κ1) is 19.5. The number of nitrogens with zero attached hydrogens (tertiary/aromatic N) is 4. The second-order valence-electron chi connectivity index (χ2n) is 7.25. The maximum Gasteiger partial charge on any atom is 0.286 e. The zero-order valence-electron chi connectivity index (χ0n) is 16.5. The van der Waals surface area contributed by atoms with Gasteiger partial charge in [-0.1, -0.05) is 12.1 Å². The third kappa shape index (κ3) is 4.45. The van der Waals surface area contributed by atoms with Crippen molar-refractivity contribution < 1.29 is 9.18 Å². The number of carbonyl (C=O) groups excluding carboxylic acids is 1. The van der Waals surface area contributed by atoms with Crippen LogP contribution in [-0.2, 0) is 4.79 Å². The van der Waals surface area contributed by atoms with Gasteiger partial charge >= 0.3 is 0 Å². The van der Waals surface area contributed by atoms with E-state index in [-0.39, 0.29) is 11.7 Å². The Morgan fingerprint density at radius 3 is 2.21 bits per heavy atom. The summed E-state index contributed by atoms with van der Waals surface area (Å²) in [6.45, 7) is 3.18. The lowest BCUT2D eigenvalue weighted by molar-refractivity contribution is -0.113. The van der Waals surface area contributed by atoms with Crippen molar-refractivity contribution in [3.63, 3.8) is 0 Å². The number of hydrogen-bond donors (Lipinski definition) is 0. The molecule has 150 valence electrons. The fourth-order valence-electron chi connectivity index (χ4n) is 3.36. The van der Waals surface area contributed by atoms with Gasteiger partial charge in [-0.3, -0.25) is 4.79 Å². The van der Waals surface area contributed by atoms with Gasteiger partial charge in [0.2, 0.25) is 0 Å². The van der Waals surface area contributed by atoms with Crippen molar-refractivity contribution in [2.24, 2.45) is 4.99 Å². The van der Waals surface area contributed by atoms with Gasteiger partial charge < -0.3 is 14.7 Å². The molecular weight excluding hydrogens is 387 g/mol. The van der Waals surface area contributed by atoms with E-state index in [1.807, 2.05) is 49.3 Å². The number of carbonyl (C=O) groups is 1. The molecule has 0 spiro atoms. The topological polar surface area (TPSA) is 39.1 Å². The Morgan fingerprint density at radius 2 is 1.59 bits per heavy atom. The van der Waals surface area contributed by atoms with E-state index < -0.39 is 0 Å². The average Bonchev–Trinajstić information content (AvgIpc) is 3.09. The molecule has 1 amide bonds. The van der Waals surface area contributed by atoms with Gasteiger partial charge in [0.25, 0.3) is 5.91 Å². The van der Waals surface area contributed by atoms with Crippen LogP contribution in [-0.4, -0.2) is 56.2 Å². The van der Waals surface area contributed by atoms with Gasteiger partial charge in [0.1, 0.15) is 5.82 Å². The summed E-state index contributed by atoms with van der Waals surface area (Å²) in [7, 11) is 4.00. The predicted octanol–water partition coefficient (Wildman–Crippen LogP) is 3.68. The summed E-state index contributed by atoms with van der Waals surface area (Å²) < 4.78 is 13.1. The summed E-state index contributed by atoms with van der Waals surface area (Å²) in [6.07, 6.45) is 1.90. The summed E-state index contributed by atoms with van der Waals surface area (Å²) in [4.78, 5) is 23.7. The molecule has 1 saturated heterocycles. The highest BCUT2D eigenvalue weighted by molar-refractivity contribution is 8.18. The molecule has 0 bridgehead atoms. The molecule has 29 heavy (non-hydrogen) atoms. The van der Waals surface area contributed by atoms with Gasteiger partial charge in [0.05, 0.1) is 4.91 Å². The Hall–Kier alpha value is -2.80. The molecule has 7 heteroatoms. The molecule has 0 atom stereocenters. The van der Waals surface area contributed by atoms with Crippen molar-refractivity contribution in [1.82, 2.24) is 4.90 Å². The minimum absolute atomic E-state index is 0.178. The normalized spacial score (nSPS) is 18.4. The molecule has 0 saturated carbocycles. The Morgan fingerprint density at radius 1 is 0.966 bits per heavy atom. The van der Waals surface area contributed by atoms with Gasteiger partial charge in [-0.15, -0.1) is 0 Å². The van der Waals surface area contributed by atoms with Gasteiger partial charge in [-0.2, -0.15) is 4.99 Å². The van der Waals surface area contributed by atoms with Gasteiger partial charge in [0.15, 0.2) is 5.17 Å². The molecule has 0 N–H and O–H groups in total. The number of benzene rings is 2. The number of thioether (sulfide) groups is 1. The Bertz CT molecular complexity index is 946. The SMILES string of the molecule is CN(C)c1ccc(C=C2SC(N3CCN(c4ccc(F)cc4)CC3)=NC2=O)cc1. The Balaban J connectivity index is 1.38. The number of anilines is 2. The predicted molar refractivity (Wildman–Crippen MR) is 119 cm³/mol. The summed E-state index contributed by atoms with van der Waals surface area (Å²) in [5.41, 5.74) is 3.13. The third-order valence-electron chi connectivity index (χ3n) is 5.06. The lowest BCUT2D eigenvalue weighted by atomic mass is 10.2. The number of halogens is 1. The first-order chi connectivity index (χ1) is 14.0. The first-order valence-corrected chi connectivity index (χ1v) is 10.4. The second-order valence-corrected chi connectivity index (χ2v) is 8.26. The zero-order chi connectivity index (χ0) is 20.4. The number of amides is 1. The number of rotatable bonds is 3. The van der Waals surface area contributed by atoms with Crippen molar-refractivity contribution in [3.8, 4) is 0 Å². The van der Waals surface area contributed by atoms with Crippen LogP contribution in [0.15, 0.2) is 58.4 Å². The molecule has 5 nitrogen and oxygen atoms in total. The Labute approximate surface area is 174 Å². The number of amidine groups is 1. The first-order valence-electron chi connectivity index (χ1n) is 9.55. The molecule has 2 heterocycles. The zero-order valence-corrected chi connectivity index (χ0v) is 17.3. The standard InChI is InChI=1S/C22H23FN4OS/c1-25(2)18-7-3-16(4-8-18)15-20-21(28)24-22(29-20)27-13-11-26(12-14-27)19-9-5-17(23)6-10-19/h3-10,15H,11-14H2,1-2H3. The van der Waals surface area contributed by atoms with Crippen LogP contribution >= 0.6 is 11.8 Å². The van der Waals surface area contributed by atoms with E-state index in [0.717, 1.165) is 48.3 Å². The van der Waals surface area contributed by atoms with Gasteiger partial charge in [0, 0.05) is 51.6 Å². The molecule has 2 aliphatic heterocycles. The number of hydrogen-bond acceptors (Lipinski definition) is 5. The lowest BCUT2D eigenvalue weighted by Crippen LogP contribution is -2.47. The van der Waals surface area contributed by atoms with Crippen molar-refractivity contribution in [2.75, 3.05) is 50.1 Å². The highest BCUT2D eigenvalue weighted by atomic mass is 32.2. The van der Waals surface area contributed by atoms with E-state index in [2.05, 4.69) is 14.8 Å². The molecule has 1 fully saturated rings. The number of piperazine rings is 1. The van der Waals surface area contributed by atoms with Crippen LogP contribution in [0.4, 0.5) is 15.8 Å². The highest BCUT2D eigenvalue weighted by Gasteiger charge is 2.28. The minimum atomic E-state index is -0.224. The van der Waals surface area contributed by atoms with Crippen LogP contribution in [0.5, 0.6) is 0 Å². The third-order valence-corrected chi connectivity index (χ3v) is 6.10. The summed E-state index contributed by atoms with van der Waals surface area (Å²) in [5, 5.41) is 0.768. The summed E-state index contributed by atoms with van der Waals surface area (Å²) >= 11 is 1.44. The fourth-order valence-corrected chi connectivity index (χ4v) is 4.33. The molecule has 0 unspecified atom stereocenters. The van der Waals surface area contributed by atoms with Gasteiger partial charge in [-0.05, 0) is 59.8 Å². The van der Waals surface area contributed by atoms with Gasteiger partial charge in [-0.25, -0.2) is 4.39 Å². The Kier molecular flexibility index (Phi) is 5.58. The molecule has 0 aliphatic carbocycles. The maximum atomic E-state index is 13.1. The molecule has 0 aromatic heterocycles. The average molecular weight is 411 g/mol. The molecule has 2 aliphatic rings. The lowest BCUT2D eigenvalue weighted by Gasteiger charge is -2.36. The van der Waals surface area contributed by atoms with Crippen LogP contribution in [0.1, 0.15) is 5.56 Å². The van der Waals surface area contributed by atoms with Crippen LogP contribution in [0.2, 0.25) is 0 Å².